The smallest absolute Gasteiger partial charge is 0.221 e. The number of rotatable bonds is 5. The summed E-state index contributed by atoms with van der Waals surface area (Å²) in [5.41, 5.74) is 5.66. The van der Waals surface area contributed by atoms with Crippen LogP contribution in [-0.2, 0) is 4.79 Å². The fourth-order valence-electron chi connectivity index (χ4n) is 0.862. The molecule has 3 N–H and O–H groups in total. The van der Waals surface area contributed by atoms with Gasteiger partial charge < -0.3 is 11.1 Å². The van der Waals surface area contributed by atoms with Crippen LogP contribution in [0.15, 0.2) is 0 Å². The Morgan fingerprint density at radius 1 is 1.38 bits per heavy atom. The Hall–Kier alpha value is -0.570. The third-order valence-electron chi connectivity index (χ3n) is 2.36. The predicted octanol–water partition coefficient (Wildman–Crippen LogP) is 1.27. The van der Waals surface area contributed by atoms with Crippen LogP contribution < -0.4 is 11.1 Å². The molecule has 0 rings (SSSR count). The molecular formula is C10H22N2O. The number of carbonyl (C=O) groups is 1. The second-order valence-electron chi connectivity index (χ2n) is 3.97. The Labute approximate surface area is 81.1 Å². The zero-order chi connectivity index (χ0) is 10.4. The summed E-state index contributed by atoms with van der Waals surface area (Å²) in [6, 6.07) is 0.232. The molecule has 0 aromatic heterocycles. The van der Waals surface area contributed by atoms with Gasteiger partial charge in [0.1, 0.15) is 0 Å². The van der Waals surface area contributed by atoms with Gasteiger partial charge in [0.25, 0.3) is 0 Å². The van der Waals surface area contributed by atoms with E-state index >= 15 is 0 Å². The molecule has 0 saturated heterocycles. The van der Waals surface area contributed by atoms with Crippen LogP contribution in [0.25, 0.3) is 0 Å². The van der Waals surface area contributed by atoms with E-state index in [0.29, 0.717) is 12.3 Å². The Bertz CT molecular complexity index is 157. The molecule has 0 aromatic carbocycles. The maximum absolute atomic E-state index is 11.3. The fourth-order valence-corrected chi connectivity index (χ4v) is 0.862. The third kappa shape index (κ3) is 5.64. The number of amides is 1. The van der Waals surface area contributed by atoms with Crippen molar-refractivity contribution in [3.63, 3.8) is 0 Å². The molecule has 0 aliphatic heterocycles. The second-order valence-corrected chi connectivity index (χ2v) is 3.97. The van der Waals surface area contributed by atoms with Crippen molar-refractivity contribution < 1.29 is 4.79 Å². The van der Waals surface area contributed by atoms with Gasteiger partial charge >= 0.3 is 0 Å². The molecule has 78 valence electrons. The molecule has 0 aromatic rings. The van der Waals surface area contributed by atoms with Gasteiger partial charge in [0.15, 0.2) is 0 Å². The molecule has 0 aliphatic carbocycles. The van der Waals surface area contributed by atoms with E-state index in [1.807, 2.05) is 13.8 Å². The van der Waals surface area contributed by atoms with Crippen molar-refractivity contribution in [3.05, 3.63) is 0 Å². The highest BCUT2D eigenvalue weighted by Gasteiger charge is 2.12. The molecule has 0 spiro atoms. The minimum atomic E-state index is -0.000591. The monoisotopic (exact) mass is 186 g/mol. The number of hydrogen-bond acceptors (Lipinski definition) is 2. The number of nitrogens with one attached hydrogen (secondary N) is 1. The first kappa shape index (κ1) is 12.4. The summed E-state index contributed by atoms with van der Waals surface area (Å²) in [6.07, 6.45) is 1.29. The maximum Gasteiger partial charge on any atom is 0.221 e. The summed E-state index contributed by atoms with van der Waals surface area (Å²) in [6.45, 7) is 8.18. The van der Waals surface area contributed by atoms with E-state index in [9.17, 15) is 4.79 Å². The van der Waals surface area contributed by atoms with E-state index in [-0.39, 0.29) is 18.0 Å². The highest BCUT2D eigenvalue weighted by atomic mass is 16.1. The van der Waals surface area contributed by atoms with Gasteiger partial charge in [0.05, 0.1) is 0 Å². The lowest BCUT2D eigenvalue weighted by Crippen LogP contribution is -2.39. The summed E-state index contributed by atoms with van der Waals surface area (Å²) in [4.78, 5) is 11.3. The first-order chi connectivity index (χ1) is 5.97. The van der Waals surface area contributed by atoms with Crippen LogP contribution >= 0.6 is 0 Å². The minimum Gasteiger partial charge on any atom is -0.353 e. The predicted molar refractivity (Wildman–Crippen MR) is 55.3 cm³/mol. The van der Waals surface area contributed by atoms with Gasteiger partial charge in [-0.2, -0.15) is 0 Å². The zero-order valence-electron chi connectivity index (χ0n) is 9.13. The van der Waals surface area contributed by atoms with Gasteiger partial charge in [-0.1, -0.05) is 20.8 Å². The molecule has 0 radical (unpaired) electrons. The maximum atomic E-state index is 11.3. The topological polar surface area (TPSA) is 55.1 Å². The molecule has 0 fully saturated rings. The van der Waals surface area contributed by atoms with Crippen LogP contribution in [0.1, 0.15) is 40.5 Å². The SMILES string of the molecule is CCC(N)CC(=O)NC(C)C(C)C. The van der Waals surface area contributed by atoms with E-state index < -0.39 is 0 Å². The first-order valence-electron chi connectivity index (χ1n) is 5.02. The standard InChI is InChI=1S/C10H22N2O/c1-5-9(11)6-10(13)12-8(4)7(2)3/h7-9H,5-6,11H2,1-4H3,(H,12,13). The second kappa shape index (κ2) is 5.97. The van der Waals surface area contributed by atoms with Crippen LogP contribution in [0, 0.1) is 5.92 Å². The van der Waals surface area contributed by atoms with Crippen molar-refractivity contribution >= 4 is 5.91 Å². The van der Waals surface area contributed by atoms with Gasteiger partial charge in [-0.25, -0.2) is 0 Å². The van der Waals surface area contributed by atoms with Crippen LogP contribution in [0.2, 0.25) is 0 Å². The van der Waals surface area contributed by atoms with Gasteiger partial charge in [0.2, 0.25) is 5.91 Å². The molecule has 1 amide bonds. The molecule has 0 aliphatic rings. The number of carbonyl (C=O) groups excluding carboxylic acids is 1. The minimum absolute atomic E-state index is 0.000591. The third-order valence-corrected chi connectivity index (χ3v) is 2.36. The summed E-state index contributed by atoms with van der Waals surface area (Å²) in [7, 11) is 0. The van der Waals surface area contributed by atoms with E-state index in [2.05, 4.69) is 19.2 Å². The highest BCUT2D eigenvalue weighted by molar-refractivity contribution is 5.76. The normalized spacial score (nSPS) is 15.5. The summed E-state index contributed by atoms with van der Waals surface area (Å²) in [5, 5.41) is 2.93. The molecule has 13 heavy (non-hydrogen) atoms. The van der Waals surface area contributed by atoms with E-state index in [0.717, 1.165) is 6.42 Å². The van der Waals surface area contributed by atoms with Gasteiger partial charge in [-0.3, -0.25) is 4.79 Å². The van der Waals surface area contributed by atoms with Crippen molar-refractivity contribution in [1.82, 2.24) is 5.32 Å². The lowest BCUT2D eigenvalue weighted by atomic mass is 10.1. The van der Waals surface area contributed by atoms with E-state index in [1.165, 1.54) is 0 Å². The van der Waals surface area contributed by atoms with Gasteiger partial charge in [-0.05, 0) is 19.3 Å². The molecular weight excluding hydrogens is 164 g/mol. The zero-order valence-corrected chi connectivity index (χ0v) is 9.13. The van der Waals surface area contributed by atoms with Crippen LogP contribution in [0.3, 0.4) is 0 Å². The number of nitrogens with two attached hydrogens (primary N) is 1. The largest absolute Gasteiger partial charge is 0.353 e. The molecule has 0 bridgehead atoms. The molecule has 2 unspecified atom stereocenters. The summed E-state index contributed by atoms with van der Waals surface area (Å²) in [5.74, 6) is 0.539. The Kier molecular flexibility index (Phi) is 5.71. The van der Waals surface area contributed by atoms with Crippen LogP contribution in [0.5, 0.6) is 0 Å². The first-order valence-corrected chi connectivity index (χ1v) is 5.02. The molecule has 0 heterocycles. The highest BCUT2D eigenvalue weighted by Crippen LogP contribution is 2.01. The Balaban J connectivity index is 3.74. The van der Waals surface area contributed by atoms with Crippen LogP contribution in [-0.4, -0.2) is 18.0 Å². The van der Waals surface area contributed by atoms with Crippen molar-refractivity contribution in [2.45, 2.75) is 52.6 Å². The average molecular weight is 186 g/mol. The lowest BCUT2D eigenvalue weighted by Gasteiger charge is -2.18. The Morgan fingerprint density at radius 2 is 1.92 bits per heavy atom. The quantitative estimate of drug-likeness (QED) is 0.679. The number of hydrogen-bond donors (Lipinski definition) is 2. The fraction of sp³-hybridized carbons (Fsp3) is 0.900. The molecule has 3 nitrogen and oxygen atoms in total. The Morgan fingerprint density at radius 3 is 2.31 bits per heavy atom. The van der Waals surface area contributed by atoms with Gasteiger partial charge in [-0.15, -0.1) is 0 Å². The molecule has 3 heteroatoms. The van der Waals surface area contributed by atoms with E-state index in [1.54, 1.807) is 0 Å². The lowest BCUT2D eigenvalue weighted by molar-refractivity contribution is -0.122. The van der Waals surface area contributed by atoms with Crippen LogP contribution in [0.4, 0.5) is 0 Å². The summed E-state index contributed by atoms with van der Waals surface area (Å²) >= 11 is 0. The molecule has 2 atom stereocenters. The van der Waals surface area contributed by atoms with Gasteiger partial charge in [0, 0.05) is 18.5 Å². The van der Waals surface area contributed by atoms with Crippen molar-refractivity contribution in [1.29, 1.82) is 0 Å². The summed E-state index contributed by atoms with van der Waals surface area (Å²) < 4.78 is 0. The van der Waals surface area contributed by atoms with E-state index in [4.69, 9.17) is 5.73 Å². The van der Waals surface area contributed by atoms with Crippen molar-refractivity contribution in [2.24, 2.45) is 11.7 Å². The van der Waals surface area contributed by atoms with Crippen molar-refractivity contribution in [3.8, 4) is 0 Å². The van der Waals surface area contributed by atoms with Crippen molar-refractivity contribution in [2.75, 3.05) is 0 Å². The average Bonchev–Trinajstić information content (AvgIpc) is 2.03. The molecule has 0 saturated carbocycles.